The number of halogens is 2. The normalized spacial score (nSPS) is 20.3. The molecule has 0 saturated carbocycles. The highest BCUT2D eigenvalue weighted by atomic mass is 35.5. The molecule has 0 aliphatic carbocycles. The number of nitrogens with zero attached hydrogens (tertiary/aromatic N) is 1. The lowest BCUT2D eigenvalue weighted by atomic mass is 10.3. The lowest BCUT2D eigenvalue weighted by molar-refractivity contribution is -0.117. The Morgan fingerprint density at radius 2 is 1.93 bits per heavy atom. The largest absolute Gasteiger partial charge is 0.326 e. The van der Waals surface area contributed by atoms with Gasteiger partial charge in [-0.05, 0) is 24.3 Å². The van der Waals surface area contributed by atoms with E-state index < -0.39 is 0 Å². The zero-order valence-electron chi connectivity index (χ0n) is 8.02. The van der Waals surface area contributed by atoms with Gasteiger partial charge >= 0.3 is 0 Å². The molecule has 1 atom stereocenters. The molecule has 1 heterocycles. The summed E-state index contributed by atoms with van der Waals surface area (Å²) in [5.41, 5.74) is 6.56. The van der Waals surface area contributed by atoms with Crippen LogP contribution >= 0.6 is 24.0 Å². The summed E-state index contributed by atoms with van der Waals surface area (Å²) in [5.74, 6) is 0.0832. The number of nitrogens with two attached hydrogens (primary N) is 1. The van der Waals surface area contributed by atoms with Gasteiger partial charge in [-0.25, -0.2) is 0 Å². The van der Waals surface area contributed by atoms with Crippen LogP contribution in [0, 0.1) is 0 Å². The minimum atomic E-state index is -0.0434. The lowest BCUT2D eigenvalue weighted by Gasteiger charge is -2.15. The maximum atomic E-state index is 11.5. The van der Waals surface area contributed by atoms with Crippen LogP contribution in [0.5, 0.6) is 0 Å². The van der Waals surface area contributed by atoms with Crippen LogP contribution in [0.4, 0.5) is 5.69 Å². The molecule has 0 radical (unpaired) electrons. The van der Waals surface area contributed by atoms with Gasteiger partial charge in [0.2, 0.25) is 5.91 Å². The third-order valence-electron chi connectivity index (χ3n) is 2.29. The third-order valence-corrected chi connectivity index (χ3v) is 2.55. The summed E-state index contributed by atoms with van der Waals surface area (Å²) in [6.45, 7) is 0.598. The molecule has 82 valence electrons. The Labute approximate surface area is 99.6 Å². The summed E-state index contributed by atoms with van der Waals surface area (Å²) in [6.07, 6.45) is 0.433. The molecule has 1 aliphatic rings. The van der Waals surface area contributed by atoms with E-state index in [1.54, 1.807) is 17.0 Å². The van der Waals surface area contributed by atoms with Crippen molar-refractivity contribution >= 4 is 35.6 Å². The average molecular weight is 247 g/mol. The van der Waals surface area contributed by atoms with Crippen LogP contribution < -0.4 is 10.6 Å². The van der Waals surface area contributed by atoms with Crippen molar-refractivity contribution in [3.63, 3.8) is 0 Å². The van der Waals surface area contributed by atoms with Gasteiger partial charge in [0.15, 0.2) is 0 Å². The molecule has 0 spiro atoms. The fourth-order valence-electron chi connectivity index (χ4n) is 1.61. The lowest BCUT2D eigenvalue weighted by Crippen LogP contribution is -2.27. The van der Waals surface area contributed by atoms with E-state index in [0.717, 1.165) is 5.69 Å². The van der Waals surface area contributed by atoms with E-state index in [2.05, 4.69) is 0 Å². The third kappa shape index (κ3) is 2.62. The van der Waals surface area contributed by atoms with Crippen LogP contribution in [0.1, 0.15) is 6.42 Å². The number of amides is 1. The van der Waals surface area contributed by atoms with E-state index in [1.165, 1.54) is 0 Å². The van der Waals surface area contributed by atoms with E-state index in [4.69, 9.17) is 17.3 Å². The summed E-state index contributed by atoms with van der Waals surface area (Å²) in [4.78, 5) is 13.2. The molecule has 1 aromatic carbocycles. The highest BCUT2D eigenvalue weighted by molar-refractivity contribution is 6.30. The summed E-state index contributed by atoms with van der Waals surface area (Å²) in [5, 5.41) is 0.671. The Kier molecular flexibility index (Phi) is 3.97. The quantitative estimate of drug-likeness (QED) is 0.822. The number of hydrogen-bond acceptors (Lipinski definition) is 2. The van der Waals surface area contributed by atoms with Gasteiger partial charge in [-0.15, -0.1) is 12.4 Å². The van der Waals surface area contributed by atoms with E-state index in [0.29, 0.717) is 18.0 Å². The fourth-order valence-corrected chi connectivity index (χ4v) is 1.73. The van der Waals surface area contributed by atoms with Gasteiger partial charge in [-0.3, -0.25) is 4.79 Å². The SMILES string of the molecule is Cl.NC1CC(=O)N(c2ccc(Cl)cc2)C1. The first kappa shape index (κ1) is 12.3. The molecule has 1 amide bonds. The first-order chi connectivity index (χ1) is 6.66. The van der Waals surface area contributed by atoms with Crippen molar-refractivity contribution in [2.45, 2.75) is 12.5 Å². The van der Waals surface area contributed by atoms with Crippen molar-refractivity contribution < 1.29 is 4.79 Å². The average Bonchev–Trinajstić information content (AvgIpc) is 2.47. The molecular formula is C10H12Cl2N2O. The Morgan fingerprint density at radius 1 is 1.33 bits per heavy atom. The zero-order chi connectivity index (χ0) is 10.1. The Bertz CT molecular complexity index is 353. The van der Waals surface area contributed by atoms with Gasteiger partial charge in [-0.2, -0.15) is 0 Å². The van der Waals surface area contributed by atoms with Crippen LogP contribution in [0.2, 0.25) is 5.02 Å². The van der Waals surface area contributed by atoms with E-state index in [1.807, 2.05) is 12.1 Å². The molecule has 1 unspecified atom stereocenters. The molecule has 1 aliphatic heterocycles. The molecule has 1 aromatic rings. The van der Waals surface area contributed by atoms with Crippen LogP contribution in [-0.2, 0) is 4.79 Å². The van der Waals surface area contributed by atoms with Crippen LogP contribution in [-0.4, -0.2) is 18.5 Å². The van der Waals surface area contributed by atoms with Gasteiger partial charge < -0.3 is 10.6 Å². The van der Waals surface area contributed by atoms with Gasteiger partial charge in [0.1, 0.15) is 0 Å². The van der Waals surface area contributed by atoms with Gasteiger partial charge in [-0.1, -0.05) is 11.6 Å². The second-order valence-corrected chi connectivity index (χ2v) is 3.88. The molecule has 5 heteroatoms. The number of carbonyl (C=O) groups excluding carboxylic acids is 1. The summed E-state index contributed by atoms with van der Waals surface area (Å²) < 4.78 is 0. The molecule has 3 nitrogen and oxygen atoms in total. The Morgan fingerprint density at radius 3 is 2.40 bits per heavy atom. The number of carbonyl (C=O) groups is 1. The van der Waals surface area contributed by atoms with Crippen LogP contribution in [0.3, 0.4) is 0 Å². The fraction of sp³-hybridized carbons (Fsp3) is 0.300. The molecule has 0 aromatic heterocycles. The second-order valence-electron chi connectivity index (χ2n) is 3.44. The Balaban J connectivity index is 0.00000112. The standard InChI is InChI=1S/C10H11ClN2O.ClH/c11-7-1-3-9(4-2-7)13-6-8(12)5-10(13)14;/h1-4,8H,5-6,12H2;1H. The number of anilines is 1. The number of benzene rings is 1. The minimum Gasteiger partial charge on any atom is -0.326 e. The number of rotatable bonds is 1. The van der Waals surface area contributed by atoms with E-state index in [9.17, 15) is 4.79 Å². The highest BCUT2D eigenvalue weighted by Gasteiger charge is 2.27. The van der Waals surface area contributed by atoms with Gasteiger partial charge in [0.25, 0.3) is 0 Å². The van der Waals surface area contributed by atoms with Crippen molar-refractivity contribution in [2.24, 2.45) is 5.73 Å². The molecule has 15 heavy (non-hydrogen) atoms. The smallest absolute Gasteiger partial charge is 0.228 e. The second kappa shape index (κ2) is 4.84. The number of hydrogen-bond donors (Lipinski definition) is 1. The summed E-state index contributed by atoms with van der Waals surface area (Å²) in [6, 6.07) is 7.16. The van der Waals surface area contributed by atoms with Gasteiger partial charge in [0.05, 0.1) is 0 Å². The van der Waals surface area contributed by atoms with Gasteiger partial charge in [0, 0.05) is 29.7 Å². The monoisotopic (exact) mass is 246 g/mol. The van der Waals surface area contributed by atoms with E-state index in [-0.39, 0.29) is 24.4 Å². The highest BCUT2D eigenvalue weighted by Crippen LogP contribution is 2.22. The van der Waals surface area contributed by atoms with Crippen molar-refractivity contribution in [1.29, 1.82) is 0 Å². The Hall–Kier alpha value is -0.770. The van der Waals surface area contributed by atoms with Crippen LogP contribution in [0.15, 0.2) is 24.3 Å². The summed E-state index contributed by atoms with van der Waals surface area (Å²) in [7, 11) is 0. The molecule has 2 N–H and O–H groups in total. The minimum absolute atomic E-state index is 0. The topological polar surface area (TPSA) is 46.3 Å². The molecule has 1 saturated heterocycles. The first-order valence-corrected chi connectivity index (χ1v) is 4.86. The van der Waals surface area contributed by atoms with Crippen molar-refractivity contribution in [3.8, 4) is 0 Å². The van der Waals surface area contributed by atoms with Crippen LogP contribution in [0.25, 0.3) is 0 Å². The first-order valence-electron chi connectivity index (χ1n) is 4.48. The predicted octanol–water partition coefficient (Wildman–Crippen LogP) is 1.83. The van der Waals surface area contributed by atoms with Crippen molar-refractivity contribution in [1.82, 2.24) is 0 Å². The van der Waals surface area contributed by atoms with E-state index >= 15 is 0 Å². The van der Waals surface area contributed by atoms with Crippen molar-refractivity contribution in [2.75, 3.05) is 11.4 Å². The maximum absolute atomic E-state index is 11.5. The molecule has 0 bridgehead atoms. The zero-order valence-corrected chi connectivity index (χ0v) is 9.59. The summed E-state index contributed by atoms with van der Waals surface area (Å²) >= 11 is 5.76. The van der Waals surface area contributed by atoms with Crippen molar-refractivity contribution in [3.05, 3.63) is 29.3 Å². The molecule has 1 fully saturated rings. The molecular weight excluding hydrogens is 235 g/mol. The maximum Gasteiger partial charge on any atom is 0.228 e. The predicted molar refractivity (Wildman–Crippen MR) is 63.6 cm³/mol. The molecule has 2 rings (SSSR count).